The van der Waals surface area contributed by atoms with Crippen LogP contribution in [0.15, 0.2) is 16.9 Å². The summed E-state index contributed by atoms with van der Waals surface area (Å²) in [5.74, 6) is 0. The maximum atomic E-state index is 6.01. The van der Waals surface area contributed by atoms with Crippen LogP contribution >= 0.6 is 27.5 Å². The smallest absolute Gasteiger partial charge is 0.461 e. The van der Waals surface area contributed by atoms with E-state index in [1.165, 1.54) is 0 Å². The van der Waals surface area contributed by atoms with E-state index in [9.17, 15) is 0 Å². The van der Waals surface area contributed by atoms with Gasteiger partial charge in [0.05, 0.1) is 27.5 Å². The van der Waals surface area contributed by atoms with Crippen LogP contribution in [0.2, 0.25) is 5.28 Å². The zero-order chi connectivity index (χ0) is 22.0. The molecule has 7 nitrogen and oxygen atoms in total. The Labute approximate surface area is 186 Å². The second-order valence-electron chi connectivity index (χ2n) is 8.02. The van der Waals surface area contributed by atoms with Crippen molar-refractivity contribution in [3.8, 4) is 6.01 Å². The van der Waals surface area contributed by atoms with E-state index in [1.807, 2.05) is 55.4 Å². The number of halogens is 2. The van der Waals surface area contributed by atoms with Gasteiger partial charge in [-0.1, -0.05) is 0 Å². The second kappa shape index (κ2) is 9.24. The van der Waals surface area contributed by atoms with E-state index in [1.54, 1.807) is 12.4 Å². The van der Waals surface area contributed by atoms with Crippen molar-refractivity contribution in [3.05, 3.63) is 33.5 Å². The maximum Gasteiger partial charge on any atom is 0.498 e. The number of hydrogen-bond acceptors (Lipinski definition) is 7. The SMILES string of the molecule is Cc1nc(Cl)ncc1Br.Cc1nc(OC(C)C)ncc1B1OC(C)(C)C(C)(C)O1. The molecular formula is C19H27BBrClN4O3. The van der Waals surface area contributed by atoms with Crippen LogP contribution in [0.25, 0.3) is 0 Å². The van der Waals surface area contributed by atoms with Crippen molar-refractivity contribution >= 4 is 40.1 Å². The third kappa shape index (κ3) is 6.10. The topological polar surface area (TPSA) is 79.3 Å². The molecule has 0 saturated carbocycles. The first-order chi connectivity index (χ1) is 13.3. The van der Waals surface area contributed by atoms with Gasteiger partial charge < -0.3 is 14.0 Å². The Bertz CT molecular complexity index is 851. The minimum absolute atomic E-state index is 0.0529. The van der Waals surface area contributed by atoms with Crippen LogP contribution in [-0.2, 0) is 9.31 Å². The van der Waals surface area contributed by atoms with Crippen molar-refractivity contribution in [2.24, 2.45) is 0 Å². The van der Waals surface area contributed by atoms with E-state index >= 15 is 0 Å². The third-order valence-electron chi connectivity index (χ3n) is 4.73. The van der Waals surface area contributed by atoms with Crippen LogP contribution < -0.4 is 10.2 Å². The summed E-state index contributed by atoms with van der Waals surface area (Å²) in [7, 11) is -0.437. The van der Waals surface area contributed by atoms with Crippen molar-refractivity contribution in [2.45, 2.75) is 72.7 Å². The van der Waals surface area contributed by atoms with Gasteiger partial charge in [0.2, 0.25) is 5.28 Å². The molecule has 3 rings (SSSR count). The third-order valence-corrected chi connectivity index (χ3v) is 5.69. The number of hydrogen-bond donors (Lipinski definition) is 0. The average molecular weight is 486 g/mol. The lowest BCUT2D eigenvalue weighted by molar-refractivity contribution is 0.00578. The Kier molecular flexibility index (Phi) is 7.65. The maximum absolute atomic E-state index is 6.01. The zero-order valence-corrected chi connectivity index (χ0v) is 20.4. The summed E-state index contributed by atoms with van der Waals surface area (Å²) < 4.78 is 18.4. The largest absolute Gasteiger partial charge is 0.498 e. The van der Waals surface area contributed by atoms with Gasteiger partial charge in [0.25, 0.3) is 0 Å². The van der Waals surface area contributed by atoms with Crippen molar-refractivity contribution < 1.29 is 14.0 Å². The summed E-state index contributed by atoms with van der Waals surface area (Å²) in [6.07, 6.45) is 3.41. The van der Waals surface area contributed by atoms with Crippen LogP contribution in [0.5, 0.6) is 6.01 Å². The van der Waals surface area contributed by atoms with E-state index in [4.69, 9.17) is 25.6 Å². The molecule has 0 aromatic carbocycles. The highest BCUT2D eigenvalue weighted by atomic mass is 79.9. The van der Waals surface area contributed by atoms with E-state index < -0.39 is 7.12 Å². The molecule has 1 saturated heterocycles. The number of aromatic nitrogens is 4. The van der Waals surface area contributed by atoms with Crippen LogP contribution in [0.1, 0.15) is 52.9 Å². The van der Waals surface area contributed by atoms with Crippen LogP contribution in [0.3, 0.4) is 0 Å². The van der Waals surface area contributed by atoms with E-state index in [0.717, 1.165) is 21.3 Å². The van der Waals surface area contributed by atoms with Crippen LogP contribution in [-0.4, -0.2) is 44.4 Å². The molecule has 0 spiro atoms. The minimum Gasteiger partial charge on any atom is -0.461 e. The molecule has 10 heteroatoms. The summed E-state index contributed by atoms with van der Waals surface area (Å²) in [6.45, 7) is 15.8. The summed E-state index contributed by atoms with van der Waals surface area (Å²) in [5, 5.41) is 0.288. The minimum atomic E-state index is -0.437. The Morgan fingerprint density at radius 3 is 2.03 bits per heavy atom. The lowest BCUT2D eigenvalue weighted by atomic mass is 9.79. The lowest BCUT2D eigenvalue weighted by Gasteiger charge is -2.32. The predicted molar refractivity (Wildman–Crippen MR) is 118 cm³/mol. The molecule has 0 atom stereocenters. The Balaban J connectivity index is 0.000000278. The molecule has 29 heavy (non-hydrogen) atoms. The summed E-state index contributed by atoms with van der Waals surface area (Å²) in [5.41, 5.74) is 1.79. The van der Waals surface area contributed by atoms with Crippen molar-refractivity contribution in [3.63, 3.8) is 0 Å². The first-order valence-corrected chi connectivity index (χ1v) is 10.5. The highest BCUT2D eigenvalue weighted by molar-refractivity contribution is 9.10. The molecule has 158 valence electrons. The lowest BCUT2D eigenvalue weighted by Crippen LogP contribution is -2.41. The molecule has 1 aliphatic rings. The van der Waals surface area contributed by atoms with E-state index in [-0.39, 0.29) is 22.6 Å². The Morgan fingerprint density at radius 1 is 1.00 bits per heavy atom. The average Bonchev–Trinajstić information content (AvgIpc) is 2.79. The fourth-order valence-corrected chi connectivity index (χ4v) is 2.71. The molecule has 2 aromatic rings. The quantitative estimate of drug-likeness (QED) is 0.479. The molecule has 0 aliphatic carbocycles. The first kappa shape index (κ1) is 24.0. The molecular weight excluding hydrogens is 458 g/mol. The Morgan fingerprint density at radius 2 is 1.59 bits per heavy atom. The molecule has 0 bridgehead atoms. The van der Waals surface area contributed by atoms with Gasteiger partial charge >= 0.3 is 13.1 Å². The molecule has 3 heterocycles. The first-order valence-electron chi connectivity index (χ1n) is 9.33. The standard InChI is InChI=1S/C14H23BN2O3.C5H4BrClN2/c1-9(2)18-12-16-8-11(10(3)17-12)15-19-13(4,5)14(6,7)20-15;1-3-4(6)2-8-5(7)9-3/h8-9H,1-7H3;2H,1H3. The number of rotatable bonds is 3. The Hall–Kier alpha value is -1.29. The molecule has 0 unspecified atom stereocenters. The number of nitrogens with zero attached hydrogens (tertiary/aromatic N) is 4. The molecule has 0 radical (unpaired) electrons. The predicted octanol–water partition coefficient (Wildman–Crippen LogP) is 4.07. The van der Waals surface area contributed by atoms with Crippen molar-refractivity contribution in [1.82, 2.24) is 19.9 Å². The highest BCUT2D eigenvalue weighted by Crippen LogP contribution is 2.36. The number of aryl methyl sites for hydroxylation is 2. The fraction of sp³-hybridized carbons (Fsp3) is 0.579. The highest BCUT2D eigenvalue weighted by Gasteiger charge is 2.52. The summed E-state index contributed by atoms with van der Waals surface area (Å²) in [4.78, 5) is 16.2. The van der Waals surface area contributed by atoms with Gasteiger partial charge in [0.15, 0.2) is 0 Å². The van der Waals surface area contributed by atoms with Gasteiger partial charge in [-0.3, -0.25) is 0 Å². The zero-order valence-electron chi connectivity index (χ0n) is 18.1. The van der Waals surface area contributed by atoms with Crippen molar-refractivity contribution in [2.75, 3.05) is 0 Å². The molecule has 0 N–H and O–H groups in total. The van der Waals surface area contributed by atoms with Crippen LogP contribution in [0, 0.1) is 13.8 Å². The monoisotopic (exact) mass is 484 g/mol. The van der Waals surface area contributed by atoms with Gasteiger partial charge in [0, 0.05) is 23.6 Å². The summed E-state index contributed by atoms with van der Waals surface area (Å²) in [6, 6.07) is 0.387. The molecule has 1 fully saturated rings. The summed E-state index contributed by atoms with van der Waals surface area (Å²) >= 11 is 8.72. The normalized spacial score (nSPS) is 17.1. The number of ether oxygens (including phenoxy) is 1. The second-order valence-corrected chi connectivity index (χ2v) is 9.21. The van der Waals surface area contributed by atoms with Gasteiger partial charge in [-0.25, -0.2) is 19.9 Å². The molecule has 0 amide bonds. The molecule has 1 aliphatic heterocycles. The van der Waals surface area contributed by atoms with Gasteiger partial charge in [-0.05, 0) is 82.9 Å². The van der Waals surface area contributed by atoms with Crippen LogP contribution in [0.4, 0.5) is 0 Å². The van der Waals surface area contributed by atoms with Crippen molar-refractivity contribution in [1.29, 1.82) is 0 Å². The van der Waals surface area contributed by atoms with E-state index in [2.05, 4.69) is 35.9 Å². The van der Waals surface area contributed by atoms with Gasteiger partial charge in [-0.15, -0.1) is 0 Å². The molecule has 2 aromatic heterocycles. The van der Waals surface area contributed by atoms with Gasteiger partial charge in [0.1, 0.15) is 0 Å². The fourth-order valence-electron chi connectivity index (χ4n) is 2.35. The van der Waals surface area contributed by atoms with E-state index in [0.29, 0.717) is 6.01 Å². The van der Waals surface area contributed by atoms with Gasteiger partial charge in [-0.2, -0.15) is 0 Å².